The predicted molar refractivity (Wildman–Crippen MR) is 133 cm³/mol. The van der Waals surface area contributed by atoms with Gasteiger partial charge < -0.3 is 19.8 Å². The van der Waals surface area contributed by atoms with E-state index in [0.29, 0.717) is 23.7 Å². The molecule has 0 fully saturated rings. The highest BCUT2D eigenvalue weighted by atomic mass is 35.5. The highest BCUT2D eigenvalue weighted by Gasteiger charge is 2.09. The molecule has 3 N–H and O–H groups in total. The fourth-order valence-corrected chi connectivity index (χ4v) is 3.46. The van der Waals surface area contributed by atoms with E-state index in [4.69, 9.17) is 33.0 Å². The first kappa shape index (κ1) is 25.1. The zero-order valence-electron chi connectivity index (χ0n) is 18.5. The maximum absolute atomic E-state index is 11.5. The summed E-state index contributed by atoms with van der Waals surface area (Å²) < 4.78 is 4.92. The Bertz CT molecular complexity index is 1230. The Morgan fingerprint density at radius 1 is 0.765 bits per heavy atom. The van der Waals surface area contributed by atoms with E-state index < -0.39 is 5.97 Å². The van der Waals surface area contributed by atoms with E-state index in [9.17, 15) is 9.59 Å². The Labute approximate surface area is 207 Å². The minimum atomic E-state index is -0.942. The molecule has 0 saturated heterocycles. The molecule has 6 nitrogen and oxygen atoms in total. The van der Waals surface area contributed by atoms with Gasteiger partial charge in [0.2, 0.25) is 0 Å². The number of esters is 1. The second kappa shape index (κ2) is 12.1. The summed E-state index contributed by atoms with van der Waals surface area (Å²) in [6, 6.07) is 18.6. The number of hydrogen-bond acceptors (Lipinski definition) is 3. The van der Waals surface area contributed by atoms with Crippen LogP contribution in [0.25, 0.3) is 0 Å². The smallest absolute Gasteiger partial charge is 0.354 e. The Morgan fingerprint density at radius 3 is 1.62 bits per heavy atom. The lowest BCUT2D eigenvalue weighted by molar-refractivity contribution is 0.0519. The molecule has 2 aromatic heterocycles. The zero-order chi connectivity index (χ0) is 24.5. The number of carboxylic acid groups (broad SMARTS) is 1. The lowest BCUT2D eigenvalue weighted by atomic mass is 10.1. The number of H-pyrrole nitrogens is 2. The fraction of sp³-hybridized carbons (Fsp3) is 0.154. The summed E-state index contributed by atoms with van der Waals surface area (Å²) >= 11 is 11.6. The van der Waals surface area contributed by atoms with Gasteiger partial charge in [0, 0.05) is 22.4 Å². The van der Waals surface area contributed by atoms with Crippen molar-refractivity contribution in [3.8, 4) is 0 Å². The number of carbonyl (C=O) groups excluding carboxylic acids is 1. The number of aromatic nitrogens is 2. The Kier molecular flexibility index (Phi) is 8.96. The fourth-order valence-electron chi connectivity index (χ4n) is 3.21. The minimum Gasteiger partial charge on any atom is -0.477 e. The lowest BCUT2D eigenvalue weighted by Gasteiger charge is -1.99. The van der Waals surface area contributed by atoms with Crippen LogP contribution in [-0.2, 0) is 17.6 Å². The van der Waals surface area contributed by atoms with E-state index in [0.717, 1.165) is 33.7 Å². The standard InChI is InChI=1S/C14H14ClNO2.C12H10ClNO2/c1-2-18-14(17)13-8-11(9-16-13)7-10-3-5-12(15)6-4-10;13-10-3-1-8(2-4-10)5-9-6-11(12(15)16)14-7-9/h3-6,8-9,16H,2,7H2,1H3;1-4,6-7,14H,5H2,(H,15,16). The van der Waals surface area contributed by atoms with Gasteiger partial charge in [0.1, 0.15) is 11.4 Å². The number of nitrogens with one attached hydrogen (secondary N) is 2. The van der Waals surface area contributed by atoms with Crippen molar-refractivity contribution in [2.75, 3.05) is 6.61 Å². The van der Waals surface area contributed by atoms with Crippen LogP contribution in [0.15, 0.2) is 73.1 Å². The quantitative estimate of drug-likeness (QED) is 0.257. The summed E-state index contributed by atoms with van der Waals surface area (Å²) in [4.78, 5) is 27.8. The van der Waals surface area contributed by atoms with Crippen LogP contribution in [0.2, 0.25) is 10.0 Å². The molecule has 0 unspecified atom stereocenters. The molecule has 0 atom stereocenters. The number of carbonyl (C=O) groups is 2. The molecule has 0 saturated carbocycles. The monoisotopic (exact) mass is 498 g/mol. The van der Waals surface area contributed by atoms with E-state index in [1.807, 2.05) is 60.8 Å². The van der Waals surface area contributed by atoms with Gasteiger partial charge in [-0.15, -0.1) is 0 Å². The maximum atomic E-state index is 11.5. The molecule has 0 radical (unpaired) electrons. The molecule has 2 aromatic carbocycles. The first-order chi connectivity index (χ1) is 16.3. The summed E-state index contributed by atoms with van der Waals surface area (Å²) in [6.45, 7) is 2.17. The van der Waals surface area contributed by atoms with Crippen LogP contribution in [-0.4, -0.2) is 33.6 Å². The largest absolute Gasteiger partial charge is 0.477 e. The van der Waals surface area contributed by atoms with Gasteiger partial charge in [-0.25, -0.2) is 9.59 Å². The minimum absolute atomic E-state index is 0.212. The van der Waals surface area contributed by atoms with Crippen LogP contribution < -0.4 is 0 Å². The molecule has 8 heteroatoms. The van der Waals surface area contributed by atoms with Crippen molar-refractivity contribution in [3.63, 3.8) is 0 Å². The van der Waals surface area contributed by atoms with E-state index in [2.05, 4.69) is 9.97 Å². The number of ether oxygens (including phenoxy) is 1. The number of halogens is 2. The molecular formula is C26H24Cl2N2O4. The second-order valence-corrected chi connectivity index (χ2v) is 8.35. The van der Waals surface area contributed by atoms with Gasteiger partial charge in [-0.2, -0.15) is 0 Å². The molecule has 4 rings (SSSR count). The van der Waals surface area contributed by atoms with Crippen molar-refractivity contribution in [1.29, 1.82) is 0 Å². The zero-order valence-corrected chi connectivity index (χ0v) is 20.0. The van der Waals surface area contributed by atoms with Crippen molar-refractivity contribution >= 4 is 35.1 Å². The molecule has 0 spiro atoms. The second-order valence-electron chi connectivity index (χ2n) is 7.48. The van der Waals surface area contributed by atoms with Gasteiger partial charge in [-0.05, 0) is 78.4 Å². The molecule has 0 bridgehead atoms. The third-order valence-corrected chi connectivity index (χ3v) is 5.36. The molecule has 34 heavy (non-hydrogen) atoms. The van der Waals surface area contributed by atoms with E-state index in [-0.39, 0.29) is 11.7 Å². The molecule has 0 amide bonds. The van der Waals surface area contributed by atoms with Gasteiger partial charge in [0.25, 0.3) is 0 Å². The third-order valence-electron chi connectivity index (χ3n) is 4.85. The average molecular weight is 499 g/mol. The molecule has 176 valence electrons. The average Bonchev–Trinajstić information content (AvgIpc) is 3.48. The molecule has 2 heterocycles. The van der Waals surface area contributed by atoms with Crippen molar-refractivity contribution < 1.29 is 19.4 Å². The van der Waals surface area contributed by atoms with Gasteiger partial charge in [-0.1, -0.05) is 47.5 Å². The number of hydrogen-bond donors (Lipinski definition) is 3. The van der Waals surface area contributed by atoms with Crippen LogP contribution in [0, 0.1) is 0 Å². The Hall–Kier alpha value is -3.48. The van der Waals surface area contributed by atoms with Gasteiger partial charge in [-0.3, -0.25) is 0 Å². The first-order valence-electron chi connectivity index (χ1n) is 10.6. The summed E-state index contributed by atoms with van der Waals surface area (Å²) in [5.41, 5.74) is 4.93. The van der Waals surface area contributed by atoms with Gasteiger partial charge >= 0.3 is 11.9 Å². The van der Waals surface area contributed by atoms with Crippen LogP contribution in [0.1, 0.15) is 50.2 Å². The summed E-state index contributed by atoms with van der Waals surface area (Å²) in [5, 5.41) is 10.2. The van der Waals surface area contributed by atoms with Crippen molar-refractivity contribution in [3.05, 3.63) is 117 Å². The number of benzene rings is 2. The topological polar surface area (TPSA) is 95.2 Å². The van der Waals surface area contributed by atoms with Gasteiger partial charge in [0.15, 0.2) is 0 Å². The highest BCUT2D eigenvalue weighted by molar-refractivity contribution is 6.30. The maximum Gasteiger partial charge on any atom is 0.354 e. The Morgan fingerprint density at radius 2 is 1.21 bits per heavy atom. The summed E-state index contributed by atoms with van der Waals surface area (Å²) in [5.74, 6) is -1.26. The predicted octanol–water partition coefficient (Wildman–Crippen LogP) is 6.39. The lowest BCUT2D eigenvalue weighted by Crippen LogP contribution is -2.04. The SMILES string of the molecule is CCOC(=O)c1cc(Cc2ccc(Cl)cc2)c[nH]1.O=C(O)c1cc(Cc2ccc(Cl)cc2)c[nH]1. The van der Waals surface area contributed by atoms with Crippen molar-refractivity contribution in [2.24, 2.45) is 0 Å². The molecule has 0 aliphatic rings. The van der Waals surface area contributed by atoms with Crippen LogP contribution in [0.4, 0.5) is 0 Å². The first-order valence-corrected chi connectivity index (χ1v) is 11.3. The summed E-state index contributed by atoms with van der Waals surface area (Å²) in [7, 11) is 0. The molecule has 0 aliphatic heterocycles. The highest BCUT2D eigenvalue weighted by Crippen LogP contribution is 2.16. The van der Waals surface area contributed by atoms with E-state index in [1.54, 1.807) is 19.2 Å². The normalized spacial score (nSPS) is 10.3. The van der Waals surface area contributed by atoms with Crippen molar-refractivity contribution in [1.82, 2.24) is 9.97 Å². The van der Waals surface area contributed by atoms with E-state index >= 15 is 0 Å². The van der Waals surface area contributed by atoms with E-state index in [1.165, 1.54) is 0 Å². The van der Waals surface area contributed by atoms with Gasteiger partial charge in [0.05, 0.1) is 6.61 Å². The van der Waals surface area contributed by atoms with Crippen LogP contribution in [0.3, 0.4) is 0 Å². The third kappa shape index (κ3) is 7.54. The Balaban J connectivity index is 0.000000192. The van der Waals surface area contributed by atoms with Crippen molar-refractivity contribution in [2.45, 2.75) is 19.8 Å². The molecule has 0 aliphatic carbocycles. The molecular weight excluding hydrogens is 475 g/mol. The number of rotatable bonds is 7. The number of aromatic amines is 2. The summed E-state index contributed by atoms with van der Waals surface area (Å²) in [6.07, 6.45) is 4.98. The van der Waals surface area contributed by atoms with Crippen LogP contribution in [0.5, 0.6) is 0 Å². The number of carboxylic acids is 1. The van der Waals surface area contributed by atoms with Crippen LogP contribution >= 0.6 is 23.2 Å². The molecule has 4 aromatic rings. The number of aromatic carboxylic acids is 1.